The minimum atomic E-state index is -0.620. The highest BCUT2D eigenvalue weighted by molar-refractivity contribution is 6.09. The number of carbonyl (C=O) groups excluding carboxylic acids is 3. The molecule has 0 aromatic heterocycles. The molecule has 1 atom stereocenters. The van der Waals surface area contributed by atoms with Gasteiger partial charge >= 0.3 is 0 Å². The van der Waals surface area contributed by atoms with Gasteiger partial charge in [0.05, 0.1) is 28.9 Å². The molecular formula is C27H23FN4O3. The first-order valence-electron chi connectivity index (χ1n) is 10.7. The molecule has 35 heavy (non-hydrogen) atoms. The normalized spacial score (nSPS) is 11.0. The Bertz CT molecular complexity index is 1300. The van der Waals surface area contributed by atoms with E-state index in [9.17, 15) is 18.8 Å². The number of carbonyl (C=O) groups is 3. The Hall–Kier alpha value is -4.77. The van der Waals surface area contributed by atoms with Gasteiger partial charge < -0.3 is 16.0 Å². The third kappa shape index (κ3) is 6.62. The van der Waals surface area contributed by atoms with Gasteiger partial charge in [0.15, 0.2) is 0 Å². The van der Waals surface area contributed by atoms with Gasteiger partial charge in [-0.15, -0.1) is 0 Å². The molecule has 176 valence electrons. The lowest BCUT2D eigenvalue weighted by molar-refractivity contribution is -0.116. The fraction of sp³-hybridized carbons (Fsp3) is 0.111. The van der Waals surface area contributed by atoms with E-state index in [1.165, 1.54) is 12.1 Å². The Balaban J connectivity index is 1.72. The zero-order valence-electron chi connectivity index (χ0n) is 19.0. The van der Waals surface area contributed by atoms with E-state index in [0.29, 0.717) is 11.1 Å². The maximum Gasteiger partial charge on any atom is 0.255 e. The van der Waals surface area contributed by atoms with E-state index in [1.54, 1.807) is 55.5 Å². The minimum Gasteiger partial charge on any atom is -0.348 e. The first-order chi connectivity index (χ1) is 16.8. The molecule has 3 amide bonds. The number of amides is 3. The molecule has 1 unspecified atom stereocenters. The lowest BCUT2D eigenvalue weighted by Gasteiger charge is -2.17. The standard InChI is InChI=1S/C27H23FN4O3/c1-3-25(33)30-16-19-6-10-21(11-7-19)26(34)32-24-13-12-22(28)14-23(24)27(35)31-17(2)20-8-4-18(15-29)5-9-20/h3-14,17H,1,16H2,2H3,(H,30,33)(H,31,35)(H,32,34). The maximum absolute atomic E-state index is 14.0. The van der Waals surface area contributed by atoms with Gasteiger partial charge in [-0.3, -0.25) is 14.4 Å². The zero-order chi connectivity index (χ0) is 25.4. The average molecular weight is 471 g/mol. The van der Waals surface area contributed by atoms with Crippen molar-refractivity contribution in [3.05, 3.63) is 113 Å². The van der Waals surface area contributed by atoms with Crippen LogP contribution < -0.4 is 16.0 Å². The van der Waals surface area contributed by atoms with Crippen LogP contribution in [0.2, 0.25) is 0 Å². The van der Waals surface area contributed by atoms with E-state index in [2.05, 4.69) is 22.5 Å². The molecule has 0 saturated carbocycles. The van der Waals surface area contributed by atoms with Gasteiger partial charge in [0.2, 0.25) is 5.91 Å². The summed E-state index contributed by atoms with van der Waals surface area (Å²) in [7, 11) is 0. The Labute approximate surface area is 202 Å². The van der Waals surface area contributed by atoms with Crippen molar-refractivity contribution in [2.24, 2.45) is 0 Å². The van der Waals surface area contributed by atoms with Crippen molar-refractivity contribution in [2.75, 3.05) is 5.32 Å². The fourth-order valence-corrected chi connectivity index (χ4v) is 3.25. The van der Waals surface area contributed by atoms with Crippen LogP contribution in [0.3, 0.4) is 0 Å². The van der Waals surface area contributed by atoms with E-state index in [4.69, 9.17) is 5.26 Å². The van der Waals surface area contributed by atoms with Gasteiger partial charge in [-0.05, 0) is 66.6 Å². The van der Waals surface area contributed by atoms with E-state index in [1.807, 2.05) is 6.07 Å². The number of nitrogens with zero attached hydrogens (tertiary/aromatic N) is 1. The molecule has 0 saturated heterocycles. The minimum absolute atomic E-state index is 0.0254. The molecule has 3 rings (SSSR count). The van der Waals surface area contributed by atoms with Crippen molar-refractivity contribution in [1.82, 2.24) is 10.6 Å². The number of benzene rings is 3. The number of nitriles is 1. The molecule has 0 aliphatic rings. The smallest absolute Gasteiger partial charge is 0.255 e. The number of halogens is 1. The molecule has 0 aliphatic carbocycles. The molecule has 3 aromatic rings. The molecule has 3 aromatic carbocycles. The lowest BCUT2D eigenvalue weighted by atomic mass is 10.1. The van der Waals surface area contributed by atoms with Crippen LogP contribution in [-0.4, -0.2) is 17.7 Å². The molecule has 0 spiro atoms. The summed E-state index contributed by atoms with van der Waals surface area (Å²) in [6.07, 6.45) is 1.17. The highest BCUT2D eigenvalue weighted by Crippen LogP contribution is 2.21. The number of hydrogen-bond donors (Lipinski definition) is 3. The zero-order valence-corrected chi connectivity index (χ0v) is 19.0. The molecule has 7 nitrogen and oxygen atoms in total. The van der Waals surface area contributed by atoms with Crippen molar-refractivity contribution in [1.29, 1.82) is 5.26 Å². The summed E-state index contributed by atoms with van der Waals surface area (Å²) < 4.78 is 14.0. The second-order valence-corrected chi connectivity index (χ2v) is 7.69. The van der Waals surface area contributed by atoms with Gasteiger partial charge in [-0.25, -0.2) is 4.39 Å². The summed E-state index contributed by atoms with van der Waals surface area (Å²) in [6, 6.07) is 18.4. The van der Waals surface area contributed by atoms with Crippen LogP contribution in [0.1, 0.15) is 50.4 Å². The topological polar surface area (TPSA) is 111 Å². The van der Waals surface area contributed by atoms with Crippen LogP contribution >= 0.6 is 0 Å². The fourth-order valence-electron chi connectivity index (χ4n) is 3.25. The highest BCUT2D eigenvalue weighted by atomic mass is 19.1. The van der Waals surface area contributed by atoms with Gasteiger partial charge in [0, 0.05) is 12.1 Å². The first-order valence-corrected chi connectivity index (χ1v) is 10.7. The van der Waals surface area contributed by atoms with Crippen molar-refractivity contribution in [3.8, 4) is 6.07 Å². The summed E-state index contributed by atoms with van der Waals surface area (Å²) in [5.74, 6) is -1.97. The lowest BCUT2D eigenvalue weighted by Crippen LogP contribution is -2.28. The molecule has 0 aliphatic heterocycles. The quantitative estimate of drug-likeness (QED) is 0.428. The van der Waals surface area contributed by atoms with E-state index >= 15 is 0 Å². The third-order valence-electron chi connectivity index (χ3n) is 5.23. The van der Waals surface area contributed by atoms with Gasteiger partial charge in [-0.1, -0.05) is 30.8 Å². The van der Waals surface area contributed by atoms with Crippen LogP contribution in [0.15, 0.2) is 79.4 Å². The second kappa shape index (κ2) is 11.4. The second-order valence-electron chi connectivity index (χ2n) is 7.69. The largest absolute Gasteiger partial charge is 0.348 e. The van der Waals surface area contributed by atoms with Gasteiger partial charge in [-0.2, -0.15) is 5.26 Å². The van der Waals surface area contributed by atoms with E-state index in [-0.39, 0.29) is 23.7 Å². The average Bonchev–Trinajstić information content (AvgIpc) is 2.88. The Kier molecular flexibility index (Phi) is 8.09. The summed E-state index contributed by atoms with van der Waals surface area (Å²) in [5, 5.41) is 17.0. The number of hydrogen-bond acceptors (Lipinski definition) is 4. The summed E-state index contributed by atoms with van der Waals surface area (Å²) in [6.45, 7) is 5.43. The van der Waals surface area contributed by atoms with Crippen molar-refractivity contribution in [2.45, 2.75) is 19.5 Å². The van der Waals surface area contributed by atoms with Gasteiger partial charge in [0.1, 0.15) is 5.82 Å². The molecule has 0 bridgehead atoms. The highest BCUT2D eigenvalue weighted by Gasteiger charge is 2.18. The predicted molar refractivity (Wildman–Crippen MR) is 130 cm³/mol. The SMILES string of the molecule is C=CC(=O)NCc1ccc(C(=O)Nc2ccc(F)cc2C(=O)NC(C)c2ccc(C#N)cc2)cc1. The third-order valence-corrected chi connectivity index (χ3v) is 5.23. The van der Waals surface area contributed by atoms with Gasteiger partial charge in [0.25, 0.3) is 11.8 Å². The van der Waals surface area contributed by atoms with Crippen molar-refractivity contribution < 1.29 is 18.8 Å². The van der Waals surface area contributed by atoms with Crippen LogP contribution in [0.4, 0.5) is 10.1 Å². The Morgan fingerprint density at radius 2 is 1.71 bits per heavy atom. The predicted octanol–water partition coefficient (Wildman–Crippen LogP) is 4.24. The van der Waals surface area contributed by atoms with Crippen LogP contribution in [0.25, 0.3) is 0 Å². The van der Waals surface area contributed by atoms with Crippen LogP contribution in [-0.2, 0) is 11.3 Å². The Morgan fingerprint density at radius 1 is 1.03 bits per heavy atom. The summed E-state index contributed by atoms with van der Waals surface area (Å²) in [4.78, 5) is 37.0. The molecule has 0 heterocycles. The van der Waals surface area contributed by atoms with Crippen molar-refractivity contribution in [3.63, 3.8) is 0 Å². The molecule has 0 radical (unpaired) electrons. The van der Waals surface area contributed by atoms with E-state index in [0.717, 1.165) is 23.3 Å². The summed E-state index contributed by atoms with van der Waals surface area (Å²) >= 11 is 0. The van der Waals surface area contributed by atoms with Crippen LogP contribution in [0.5, 0.6) is 0 Å². The summed E-state index contributed by atoms with van der Waals surface area (Å²) in [5.41, 5.74) is 2.51. The maximum atomic E-state index is 14.0. The van der Waals surface area contributed by atoms with Crippen molar-refractivity contribution >= 4 is 23.4 Å². The van der Waals surface area contributed by atoms with Crippen LogP contribution in [0, 0.1) is 17.1 Å². The Morgan fingerprint density at radius 3 is 2.34 bits per heavy atom. The number of nitrogens with one attached hydrogen (secondary N) is 3. The number of anilines is 1. The molecule has 3 N–H and O–H groups in total. The van der Waals surface area contributed by atoms with E-state index < -0.39 is 23.7 Å². The molecular weight excluding hydrogens is 447 g/mol. The molecule has 8 heteroatoms. The number of rotatable bonds is 8. The molecule has 0 fully saturated rings. The first kappa shape index (κ1) is 24.9. The monoisotopic (exact) mass is 470 g/mol.